The van der Waals surface area contributed by atoms with E-state index in [0.29, 0.717) is 17.7 Å². The van der Waals surface area contributed by atoms with Gasteiger partial charge in [-0.1, -0.05) is 39.8 Å². The monoisotopic (exact) mass is 185 g/mol. The topological polar surface area (TPSA) is 64.9 Å². The third-order valence-corrected chi connectivity index (χ3v) is 1.97. The van der Waals surface area contributed by atoms with E-state index in [2.05, 4.69) is 35.7 Å². The van der Waals surface area contributed by atoms with Gasteiger partial charge in [0.1, 0.15) is 5.69 Å². The van der Waals surface area contributed by atoms with E-state index in [9.17, 15) is 0 Å². The van der Waals surface area contributed by atoms with Crippen molar-refractivity contribution in [3.63, 3.8) is 0 Å². The summed E-state index contributed by atoms with van der Waals surface area (Å²) in [6.45, 7) is 10.3. The van der Waals surface area contributed by atoms with Gasteiger partial charge in [0.25, 0.3) is 0 Å². The molecule has 0 aromatic carbocycles. The van der Waals surface area contributed by atoms with Gasteiger partial charge in [-0.15, -0.1) is 0 Å². The van der Waals surface area contributed by atoms with Crippen LogP contribution < -0.4 is 5.73 Å². The van der Waals surface area contributed by atoms with Crippen molar-refractivity contribution in [3.8, 4) is 0 Å². The second-order valence-corrected chi connectivity index (χ2v) is 3.07. The van der Waals surface area contributed by atoms with Crippen LogP contribution in [0.2, 0.25) is 0 Å². The van der Waals surface area contributed by atoms with Crippen molar-refractivity contribution >= 4 is 5.82 Å². The Hall–Kier alpha value is -1.06. The smallest absolute Gasteiger partial charge is 0.191 e. The molecule has 0 bridgehead atoms. The van der Waals surface area contributed by atoms with Crippen molar-refractivity contribution in [2.24, 2.45) is 5.92 Å². The molecule has 1 rings (SSSR count). The number of hydrogen-bond acceptors (Lipinski definition) is 4. The molecular weight excluding hydrogens is 166 g/mol. The van der Waals surface area contributed by atoms with E-state index in [-0.39, 0.29) is 0 Å². The molecule has 1 aromatic heterocycles. The molecule has 0 radical (unpaired) electrons. The fourth-order valence-electron chi connectivity index (χ4n) is 0.834. The molecule has 1 aromatic rings. The SMILES string of the molecule is CC.CC(C)C(C)c1nonc1N. The minimum atomic E-state index is 0.307. The minimum Gasteiger partial charge on any atom is -0.379 e. The molecule has 0 aliphatic rings. The summed E-state index contributed by atoms with van der Waals surface area (Å²) in [5.41, 5.74) is 6.28. The van der Waals surface area contributed by atoms with Crippen LogP contribution in [0.1, 0.15) is 46.2 Å². The molecule has 0 saturated carbocycles. The molecular formula is C9H19N3O. The second-order valence-electron chi connectivity index (χ2n) is 3.07. The fourth-order valence-corrected chi connectivity index (χ4v) is 0.834. The van der Waals surface area contributed by atoms with Gasteiger partial charge in [-0.2, -0.15) is 0 Å². The van der Waals surface area contributed by atoms with Gasteiger partial charge in [-0.3, -0.25) is 0 Å². The first-order chi connectivity index (χ1) is 6.13. The first-order valence-electron chi connectivity index (χ1n) is 4.71. The van der Waals surface area contributed by atoms with Crippen LogP contribution in [0, 0.1) is 5.92 Å². The third kappa shape index (κ3) is 3.05. The molecule has 4 heteroatoms. The van der Waals surface area contributed by atoms with E-state index in [0.717, 1.165) is 5.69 Å². The summed E-state index contributed by atoms with van der Waals surface area (Å²) in [6, 6.07) is 0. The van der Waals surface area contributed by atoms with E-state index in [1.807, 2.05) is 13.8 Å². The molecule has 2 N–H and O–H groups in total. The van der Waals surface area contributed by atoms with E-state index in [4.69, 9.17) is 5.73 Å². The summed E-state index contributed by atoms with van der Waals surface area (Å²) < 4.78 is 4.49. The van der Waals surface area contributed by atoms with E-state index in [1.54, 1.807) is 0 Å². The van der Waals surface area contributed by atoms with Gasteiger partial charge in [0.15, 0.2) is 5.82 Å². The molecule has 13 heavy (non-hydrogen) atoms. The third-order valence-electron chi connectivity index (χ3n) is 1.97. The van der Waals surface area contributed by atoms with Gasteiger partial charge < -0.3 is 5.73 Å². The summed E-state index contributed by atoms with van der Waals surface area (Å²) in [4.78, 5) is 0. The Morgan fingerprint density at radius 3 is 2.00 bits per heavy atom. The lowest BCUT2D eigenvalue weighted by atomic mass is 9.95. The van der Waals surface area contributed by atoms with E-state index in [1.165, 1.54) is 0 Å². The largest absolute Gasteiger partial charge is 0.379 e. The molecule has 1 heterocycles. The molecule has 0 fully saturated rings. The average Bonchev–Trinajstić information content (AvgIpc) is 2.53. The number of nitrogens with zero attached hydrogens (tertiary/aromatic N) is 2. The van der Waals surface area contributed by atoms with Crippen molar-refractivity contribution in [2.75, 3.05) is 5.73 Å². The average molecular weight is 185 g/mol. The predicted molar refractivity (Wildman–Crippen MR) is 53.3 cm³/mol. The Kier molecular flexibility index (Phi) is 5.11. The Labute approximate surface area is 79.5 Å². The quantitative estimate of drug-likeness (QED) is 0.768. The highest BCUT2D eigenvalue weighted by Gasteiger charge is 2.17. The molecule has 0 saturated heterocycles. The fraction of sp³-hybridized carbons (Fsp3) is 0.778. The first kappa shape index (κ1) is 11.9. The maximum absolute atomic E-state index is 5.51. The van der Waals surface area contributed by atoms with Crippen LogP contribution in [0.15, 0.2) is 4.63 Å². The summed E-state index contributed by atoms with van der Waals surface area (Å²) in [5, 5.41) is 7.24. The van der Waals surface area contributed by atoms with Gasteiger partial charge >= 0.3 is 0 Å². The van der Waals surface area contributed by atoms with Crippen LogP contribution >= 0.6 is 0 Å². The molecule has 1 atom stereocenters. The van der Waals surface area contributed by atoms with Crippen molar-refractivity contribution in [1.29, 1.82) is 0 Å². The normalized spacial score (nSPS) is 12.2. The molecule has 0 spiro atoms. The lowest BCUT2D eigenvalue weighted by Crippen LogP contribution is -2.05. The van der Waals surface area contributed by atoms with Crippen molar-refractivity contribution in [2.45, 2.75) is 40.5 Å². The first-order valence-corrected chi connectivity index (χ1v) is 4.71. The van der Waals surface area contributed by atoms with Gasteiger partial charge in [0, 0.05) is 5.92 Å². The maximum atomic E-state index is 5.51. The summed E-state index contributed by atoms with van der Waals surface area (Å²) in [6.07, 6.45) is 0. The highest BCUT2D eigenvalue weighted by molar-refractivity contribution is 5.33. The number of hydrogen-bond donors (Lipinski definition) is 1. The number of anilines is 1. The Morgan fingerprint density at radius 2 is 1.69 bits per heavy atom. The molecule has 76 valence electrons. The standard InChI is InChI=1S/C7H13N3O.C2H6/c1-4(2)5(3)6-7(8)10-11-9-6;1-2/h4-5H,1-3H3,(H2,8,10);1-2H3. The summed E-state index contributed by atoms with van der Waals surface area (Å²) in [5.74, 6) is 1.22. The van der Waals surface area contributed by atoms with E-state index >= 15 is 0 Å². The Balaban J connectivity index is 0.000000671. The zero-order valence-corrected chi connectivity index (χ0v) is 9.03. The second kappa shape index (κ2) is 5.56. The molecule has 1 unspecified atom stereocenters. The maximum Gasteiger partial charge on any atom is 0.191 e. The van der Waals surface area contributed by atoms with Gasteiger partial charge in [-0.25, -0.2) is 4.63 Å². The van der Waals surface area contributed by atoms with Crippen LogP contribution in [0.3, 0.4) is 0 Å². The predicted octanol–water partition coefficient (Wildman–Crippen LogP) is 2.44. The number of aromatic nitrogens is 2. The molecule has 0 amide bonds. The summed E-state index contributed by atoms with van der Waals surface area (Å²) >= 11 is 0. The van der Waals surface area contributed by atoms with Gasteiger partial charge in [0.05, 0.1) is 0 Å². The molecule has 4 nitrogen and oxygen atoms in total. The van der Waals surface area contributed by atoms with Crippen LogP contribution in [0.4, 0.5) is 5.82 Å². The minimum absolute atomic E-state index is 0.307. The van der Waals surface area contributed by atoms with Gasteiger partial charge in [0.2, 0.25) is 0 Å². The van der Waals surface area contributed by atoms with Crippen LogP contribution in [0.5, 0.6) is 0 Å². The Bertz CT molecular complexity index is 233. The molecule has 0 aliphatic heterocycles. The van der Waals surface area contributed by atoms with Crippen LogP contribution in [-0.2, 0) is 0 Å². The zero-order valence-electron chi connectivity index (χ0n) is 9.03. The molecule has 0 aliphatic carbocycles. The zero-order chi connectivity index (χ0) is 10.4. The number of nitrogen functional groups attached to an aromatic ring is 1. The summed E-state index contributed by atoms with van der Waals surface area (Å²) in [7, 11) is 0. The van der Waals surface area contributed by atoms with E-state index < -0.39 is 0 Å². The lowest BCUT2D eigenvalue weighted by molar-refractivity contribution is 0.300. The van der Waals surface area contributed by atoms with Crippen molar-refractivity contribution < 1.29 is 4.63 Å². The number of rotatable bonds is 2. The number of nitrogens with two attached hydrogens (primary N) is 1. The van der Waals surface area contributed by atoms with Crippen molar-refractivity contribution in [3.05, 3.63) is 5.69 Å². The van der Waals surface area contributed by atoms with Crippen LogP contribution in [0.25, 0.3) is 0 Å². The Morgan fingerprint density at radius 1 is 1.15 bits per heavy atom. The lowest BCUT2D eigenvalue weighted by Gasteiger charge is -2.10. The van der Waals surface area contributed by atoms with Crippen molar-refractivity contribution in [1.82, 2.24) is 10.3 Å². The van der Waals surface area contributed by atoms with Gasteiger partial charge in [-0.05, 0) is 11.1 Å². The highest BCUT2D eigenvalue weighted by atomic mass is 16.6. The van der Waals surface area contributed by atoms with Crippen LogP contribution in [-0.4, -0.2) is 10.3 Å². The highest BCUT2D eigenvalue weighted by Crippen LogP contribution is 2.24.